The maximum absolute atomic E-state index is 8.77. The Hall–Kier alpha value is -0.120. The molecule has 1 fully saturated rings. The first-order chi connectivity index (χ1) is 6.77. The topological polar surface area (TPSA) is 32.7 Å². The first kappa shape index (κ1) is 12.0. The monoisotopic (exact) mass is 201 g/mol. The molecular weight excluding hydrogens is 178 g/mol. The zero-order valence-electron chi connectivity index (χ0n) is 9.41. The Morgan fingerprint density at radius 2 is 2.36 bits per heavy atom. The van der Waals surface area contributed by atoms with Gasteiger partial charge in [0.25, 0.3) is 0 Å². The number of ether oxygens (including phenoxy) is 1. The molecule has 2 atom stereocenters. The zero-order chi connectivity index (χ0) is 10.4. The van der Waals surface area contributed by atoms with Crippen LogP contribution in [0.5, 0.6) is 0 Å². The van der Waals surface area contributed by atoms with E-state index in [2.05, 4.69) is 11.8 Å². The normalized spacial score (nSPS) is 26.4. The van der Waals surface area contributed by atoms with Gasteiger partial charge in [-0.05, 0) is 38.6 Å². The first-order valence-electron chi connectivity index (χ1n) is 5.64. The Balaban J connectivity index is 2.28. The number of aliphatic hydroxyl groups is 1. The number of nitrogens with zero attached hydrogens (tertiary/aromatic N) is 1. The second-order valence-electron chi connectivity index (χ2n) is 4.22. The second kappa shape index (κ2) is 6.38. The summed E-state index contributed by atoms with van der Waals surface area (Å²) in [6, 6.07) is 0. The molecule has 0 saturated carbocycles. The summed E-state index contributed by atoms with van der Waals surface area (Å²) in [5.41, 5.74) is 0. The molecule has 1 saturated heterocycles. The van der Waals surface area contributed by atoms with Crippen LogP contribution in [0.25, 0.3) is 0 Å². The maximum Gasteiger partial charge on any atom is 0.0583 e. The van der Waals surface area contributed by atoms with Crippen LogP contribution in [0.4, 0.5) is 0 Å². The van der Waals surface area contributed by atoms with E-state index in [0.29, 0.717) is 18.6 Å². The first-order valence-corrected chi connectivity index (χ1v) is 5.64. The molecule has 0 radical (unpaired) electrons. The van der Waals surface area contributed by atoms with Crippen LogP contribution in [-0.2, 0) is 4.74 Å². The van der Waals surface area contributed by atoms with Crippen molar-refractivity contribution in [3.63, 3.8) is 0 Å². The quantitative estimate of drug-likeness (QED) is 0.723. The van der Waals surface area contributed by atoms with Crippen LogP contribution in [0.1, 0.15) is 26.2 Å². The Bertz CT molecular complexity index is 152. The molecule has 2 unspecified atom stereocenters. The summed E-state index contributed by atoms with van der Waals surface area (Å²) in [4.78, 5) is 2.44. The molecule has 0 bridgehead atoms. The lowest BCUT2D eigenvalue weighted by Gasteiger charge is -2.35. The highest BCUT2D eigenvalue weighted by atomic mass is 16.5. The Kier molecular flexibility index (Phi) is 5.45. The fourth-order valence-electron chi connectivity index (χ4n) is 2.16. The van der Waals surface area contributed by atoms with Gasteiger partial charge in [0.05, 0.1) is 6.10 Å². The third kappa shape index (κ3) is 3.56. The molecule has 0 spiro atoms. The second-order valence-corrected chi connectivity index (χ2v) is 4.22. The average molecular weight is 201 g/mol. The predicted octanol–water partition coefficient (Wildman–Crippen LogP) is 1.12. The van der Waals surface area contributed by atoms with Gasteiger partial charge in [0.15, 0.2) is 0 Å². The van der Waals surface area contributed by atoms with E-state index in [4.69, 9.17) is 9.84 Å². The van der Waals surface area contributed by atoms with E-state index >= 15 is 0 Å². The summed E-state index contributed by atoms with van der Waals surface area (Å²) in [5, 5.41) is 8.77. The molecule has 0 aromatic rings. The van der Waals surface area contributed by atoms with Gasteiger partial charge >= 0.3 is 0 Å². The summed E-state index contributed by atoms with van der Waals surface area (Å²) >= 11 is 0. The van der Waals surface area contributed by atoms with Gasteiger partial charge in [-0.15, -0.1) is 0 Å². The van der Waals surface area contributed by atoms with E-state index in [1.165, 1.54) is 19.4 Å². The van der Waals surface area contributed by atoms with Crippen LogP contribution >= 0.6 is 0 Å². The van der Waals surface area contributed by atoms with Crippen LogP contribution in [0.3, 0.4) is 0 Å². The minimum absolute atomic E-state index is 0.307. The highest BCUT2D eigenvalue weighted by Gasteiger charge is 2.23. The van der Waals surface area contributed by atoms with E-state index in [1.807, 2.05) is 0 Å². The van der Waals surface area contributed by atoms with Crippen molar-refractivity contribution in [2.45, 2.75) is 32.3 Å². The van der Waals surface area contributed by atoms with Gasteiger partial charge in [0.1, 0.15) is 0 Å². The third-order valence-corrected chi connectivity index (χ3v) is 3.21. The van der Waals surface area contributed by atoms with Gasteiger partial charge in [-0.2, -0.15) is 0 Å². The number of hydrogen-bond donors (Lipinski definition) is 1. The lowest BCUT2D eigenvalue weighted by molar-refractivity contribution is 0.0262. The van der Waals surface area contributed by atoms with Gasteiger partial charge in [0.2, 0.25) is 0 Å². The largest absolute Gasteiger partial charge is 0.396 e. The SMILES string of the molecule is COC(C)C1CCCN(CCCO)C1. The molecule has 1 heterocycles. The van der Waals surface area contributed by atoms with Gasteiger partial charge < -0.3 is 14.7 Å². The van der Waals surface area contributed by atoms with Crippen molar-refractivity contribution in [2.75, 3.05) is 33.4 Å². The number of likely N-dealkylation sites (tertiary alicyclic amines) is 1. The molecule has 14 heavy (non-hydrogen) atoms. The zero-order valence-corrected chi connectivity index (χ0v) is 9.41. The van der Waals surface area contributed by atoms with Crippen molar-refractivity contribution >= 4 is 0 Å². The summed E-state index contributed by atoms with van der Waals surface area (Å²) in [5.74, 6) is 0.674. The Morgan fingerprint density at radius 1 is 1.57 bits per heavy atom. The molecule has 1 aliphatic rings. The van der Waals surface area contributed by atoms with Crippen LogP contribution in [0.15, 0.2) is 0 Å². The van der Waals surface area contributed by atoms with Crippen LogP contribution in [0.2, 0.25) is 0 Å². The lowest BCUT2D eigenvalue weighted by atomic mass is 9.93. The highest BCUT2D eigenvalue weighted by Crippen LogP contribution is 2.21. The predicted molar refractivity (Wildman–Crippen MR) is 57.3 cm³/mol. The molecule has 0 aromatic carbocycles. The fraction of sp³-hybridized carbons (Fsp3) is 1.00. The van der Waals surface area contributed by atoms with Crippen molar-refractivity contribution < 1.29 is 9.84 Å². The third-order valence-electron chi connectivity index (χ3n) is 3.21. The summed E-state index contributed by atoms with van der Waals surface area (Å²) in [7, 11) is 1.79. The lowest BCUT2D eigenvalue weighted by Crippen LogP contribution is -2.40. The molecule has 0 aliphatic carbocycles. The Labute approximate surface area is 87.1 Å². The van der Waals surface area contributed by atoms with Gasteiger partial charge in [-0.25, -0.2) is 0 Å². The molecule has 3 nitrogen and oxygen atoms in total. The molecule has 3 heteroatoms. The van der Waals surface area contributed by atoms with Crippen LogP contribution < -0.4 is 0 Å². The van der Waals surface area contributed by atoms with Crippen molar-refractivity contribution in [1.29, 1.82) is 0 Å². The smallest absolute Gasteiger partial charge is 0.0583 e. The Morgan fingerprint density at radius 3 is 3.00 bits per heavy atom. The molecule has 0 amide bonds. The van der Waals surface area contributed by atoms with Crippen LogP contribution in [0, 0.1) is 5.92 Å². The number of methoxy groups -OCH3 is 1. The van der Waals surface area contributed by atoms with E-state index in [0.717, 1.165) is 19.5 Å². The van der Waals surface area contributed by atoms with Crippen LogP contribution in [-0.4, -0.2) is 49.5 Å². The number of rotatable bonds is 5. The molecular formula is C11H23NO2. The maximum atomic E-state index is 8.77. The fourth-order valence-corrected chi connectivity index (χ4v) is 2.16. The van der Waals surface area contributed by atoms with E-state index in [9.17, 15) is 0 Å². The minimum Gasteiger partial charge on any atom is -0.396 e. The molecule has 1 N–H and O–H groups in total. The van der Waals surface area contributed by atoms with E-state index in [1.54, 1.807) is 7.11 Å². The number of aliphatic hydroxyl groups excluding tert-OH is 1. The van der Waals surface area contributed by atoms with E-state index in [-0.39, 0.29) is 0 Å². The van der Waals surface area contributed by atoms with Crippen molar-refractivity contribution in [2.24, 2.45) is 5.92 Å². The molecule has 84 valence electrons. The molecule has 1 aliphatic heterocycles. The number of piperidine rings is 1. The van der Waals surface area contributed by atoms with Gasteiger partial charge in [-0.1, -0.05) is 0 Å². The van der Waals surface area contributed by atoms with Crippen molar-refractivity contribution in [3.05, 3.63) is 0 Å². The molecule has 0 aromatic heterocycles. The molecule has 1 rings (SSSR count). The van der Waals surface area contributed by atoms with E-state index < -0.39 is 0 Å². The average Bonchev–Trinajstić information content (AvgIpc) is 2.25. The standard InChI is InChI=1S/C11H23NO2/c1-10(14-2)11-5-3-6-12(9-11)7-4-8-13/h10-11,13H,3-9H2,1-2H3. The number of hydrogen-bond acceptors (Lipinski definition) is 3. The minimum atomic E-state index is 0.307. The summed E-state index contributed by atoms with van der Waals surface area (Å²) in [6.45, 7) is 5.81. The van der Waals surface area contributed by atoms with Crippen molar-refractivity contribution in [1.82, 2.24) is 4.90 Å². The van der Waals surface area contributed by atoms with Gasteiger partial charge in [-0.3, -0.25) is 0 Å². The van der Waals surface area contributed by atoms with Gasteiger partial charge in [0, 0.05) is 26.8 Å². The van der Waals surface area contributed by atoms with Crippen molar-refractivity contribution in [3.8, 4) is 0 Å². The summed E-state index contributed by atoms with van der Waals surface area (Å²) in [6.07, 6.45) is 3.81. The highest BCUT2D eigenvalue weighted by molar-refractivity contribution is 4.76. The summed E-state index contributed by atoms with van der Waals surface area (Å²) < 4.78 is 5.37.